The van der Waals surface area contributed by atoms with Crippen LogP contribution in [0.15, 0.2) is 36.5 Å². The number of hydrogen-bond acceptors (Lipinski definition) is 6. The van der Waals surface area contributed by atoms with Crippen LogP contribution in [0, 0.1) is 0 Å². The molecule has 144 valence electrons. The van der Waals surface area contributed by atoms with E-state index < -0.39 is 5.79 Å². The van der Waals surface area contributed by atoms with Crippen molar-refractivity contribution in [1.29, 1.82) is 0 Å². The van der Waals surface area contributed by atoms with Crippen LogP contribution in [0.25, 0.3) is 0 Å². The average Bonchev–Trinajstić information content (AvgIpc) is 3.35. The number of benzene rings is 1. The molecular formula is C20H24N2O4S. The highest BCUT2D eigenvalue weighted by Crippen LogP contribution is 2.34. The fourth-order valence-corrected chi connectivity index (χ4v) is 4.32. The van der Waals surface area contributed by atoms with Crippen molar-refractivity contribution in [1.82, 2.24) is 10.3 Å². The molecule has 2 fully saturated rings. The molecule has 6 nitrogen and oxygen atoms in total. The summed E-state index contributed by atoms with van der Waals surface area (Å²) in [4.78, 5) is 17.8. The number of amides is 1. The number of carbonyl (C=O) groups is 1. The van der Waals surface area contributed by atoms with E-state index in [1.807, 2.05) is 44.2 Å². The summed E-state index contributed by atoms with van der Waals surface area (Å²) in [6.45, 7) is 4.92. The van der Waals surface area contributed by atoms with E-state index in [9.17, 15) is 4.79 Å². The molecule has 2 aliphatic heterocycles. The Kier molecular flexibility index (Phi) is 5.27. The lowest BCUT2D eigenvalue weighted by molar-refractivity contribution is -0.284. The van der Waals surface area contributed by atoms with Gasteiger partial charge in [-0.2, -0.15) is 0 Å². The Balaban J connectivity index is 1.49. The van der Waals surface area contributed by atoms with Crippen molar-refractivity contribution in [3.63, 3.8) is 0 Å². The number of nitrogens with zero attached hydrogens (tertiary/aromatic N) is 1. The summed E-state index contributed by atoms with van der Waals surface area (Å²) in [7, 11) is 0. The molecule has 0 saturated carbocycles. The second-order valence-corrected chi connectivity index (χ2v) is 8.37. The molecule has 1 aromatic carbocycles. The summed E-state index contributed by atoms with van der Waals surface area (Å²) in [5, 5.41) is 3.94. The highest BCUT2D eigenvalue weighted by Gasteiger charge is 2.38. The number of carbonyl (C=O) groups excluding carboxylic acids is 1. The van der Waals surface area contributed by atoms with Crippen LogP contribution in [0.4, 0.5) is 0 Å². The van der Waals surface area contributed by atoms with Crippen LogP contribution in [0.2, 0.25) is 0 Å². The van der Waals surface area contributed by atoms with Crippen molar-refractivity contribution in [3.8, 4) is 0 Å². The zero-order chi connectivity index (χ0) is 18.9. The first-order valence-corrected chi connectivity index (χ1v) is 10.1. The molecular weight excluding hydrogens is 364 g/mol. The Morgan fingerprint density at radius 2 is 2.11 bits per heavy atom. The third-order valence-corrected chi connectivity index (χ3v) is 5.87. The molecule has 27 heavy (non-hydrogen) atoms. The highest BCUT2D eigenvalue weighted by atomic mass is 32.1. The number of rotatable bonds is 4. The smallest absolute Gasteiger partial charge is 0.263 e. The third-order valence-electron chi connectivity index (χ3n) is 4.78. The average molecular weight is 388 g/mol. The maximum atomic E-state index is 12.8. The van der Waals surface area contributed by atoms with Gasteiger partial charge in [0.15, 0.2) is 5.79 Å². The highest BCUT2D eigenvalue weighted by molar-refractivity contribution is 7.13. The Hall–Kier alpha value is -1.80. The normalized spacial score (nSPS) is 27.4. The van der Waals surface area contributed by atoms with Crippen LogP contribution in [0.5, 0.6) is 0 Å². The van der Waals surface area contributed by atoms with Crippen molar-refractivity contribution in [2.24, 2.45) is 0 Å². The predicted octanol–water partition coefficient (Wildman–Crippen LogP) is 3.62. The van der Waals surface area contributed by atoms with Gasteiger partial charge in [0.1, 0.15) is 22.1 Å². The zero-order valence-electron chi connectivity index (χ0n) is 15.5. The molecule has 2 aromatic rings. The van der Waals surface area contributed by atoms with Gasteiger partial charge in [0, 0.05) is 6.61 Å². The van der Waals surface area contributed by atoms with Crippen molar-refractivity contribution in [2.75, 3.05) is 13.2 Å². The summed E-state index contributed by atoms with van der Waals surface area (Å²) in [6, 6.07) is 9.64. The minimum atomic E-state index is -0.695. The molecule has 1 aromatic heterocycles. The van der Waals surface area contributed by atoms with E-state index >= 15 is 0 Å². The summed E-state index contributed by atoms with van der Waals surface area (Å²) in [5.41, 5.74) is 1.02. The Bertz CT molecular complexity index is 786. The van der Waals surface area contributed by atoms with Crippen LogP contribution in [0.3, 0.4) is 0 Å². The summed E-state index contributed by atoms with van der Waals surface area (Å²) >= 11 is 1.39. The van der Waals surface area contributed by atoms with Crippen molar-refractivity contribution >= 4 is 17.2 Å². The number of aromatic nitrogens is 1. The molecule has 2 aliphatic rings. The maximum Gasteiger partial charge on any atom is 0.263 e. The SMILES string of the molecule is CC1(C)OC[C@@H](NC(=O)c2cnc(C3CCCO3)s2)[C@@H](c2ccccc2)O1. The van der Waals surface area contributed by atoms with Gasteiger partial charge in [-0.15, -0.1) is 11.3 Å². The first kappa shape index (κ1) is 18.6. The Labute approximate surface area is 162 Å². The van der Waals surface area contributed by atoms with Gasteiger partial charge < -0.3 is 19.5 Å². The fraction of sp³-hybridized carbons (Fsp3) is 0.500. The predicted molar refractivity (Wildman–Crippen MR) is 102 cm³/mol. The molecule has 0 radical (unpaired) electrons. The number of ether oxygens (including phenoxy) is 3. The monoisotopic (exact) mass is 388 g/mol. The lowest BCUT2D eigenvalue weighted by atomic mass is 10.0. The Morgan fingerprint density at radius 1 is 1.30 bits per heavy atom. The van der Waals surface area contributed by atoms with Crippen molar-refractivity contribution < 1.29 is 19.0 Å². The van der Waals surface area contributed by atoms with Gasteiger partial charge in [-0.3, -0.25) is 4.79 Å². The van der Waals surface area contributed by atoms with E-state index in [2.05, 4.69) is 10.3 Å². The Morgan fingerprint density at radius 3 is 2.85 bits per heavy atom. The van der Waals surface area contributed by atoms with Gasteiger partial charge in [-0.1, -0.05) is 30.3 Å². The summed E-state index contributed by atoms with van der Waals surface area (Å²) < 4.78 is 17.6. The maximum absolute atomic E-state index is 12.8. The molecule has 1 N–H and O–H groups in total. The van der Waals surface area contributed by atoms with Gasteiger partial charge in [0.2, 0.25) is 0 Å². The minimum Gasteiger partial charge on any atom is -0.371 e. The topological polar surface area (TPSA) is 69.7 Å². The number of hydrogen-bond donors (Lipinski definition) is 1. The molecule has 1 unspecified atom stereocenters. The number of nitrogens with one attached hydrogen (secondary N) is 1. The summed E-state index contributed by atoms with van der Waals surface area (Å²) in [5.74, 6) is -0.853. The molecule has 2 saturated heterocycles. The van der Waals surface area contributed by atoms with Gasteiger partial charge in [0.25, 0.3) is 5.91 Å². The largest absolute Gasteiger partial charge is 0.371 e. The molecule has 0 spiro atoms. The molecule has 3 atom stereocenters. The van der Waals surface area contributed by atoms with E-state index in [1.54, 1.807) is 6.20 Å². The second kappa shape index (κ2) is 7.67. The molecule has 4 rings (SSSR count). The van der Waals surface area contributed by atoms with Crippen LogP contribution < -0.4 is 5.32 Å². The van der Waals surface area contributed by atoms with Gasteiger partial charge in [0.05, 0.1) is 18.8 Å². The molecule has 1 amide bonds. The van der Waals surface area contributed by atoms with Crippen molar-refractivity contribution in [2.45, 2.75) is 50.7 Å². The van der Waals surface area contributed by atoms with Crippen LogP contribution in [0.1, 0.15) is 59.1 Å². The third kappa shape index (κ3) is 4.21. The second-order valence-electron chi connectivity index (χ2n) is 7.30. The van der Waals surface area contributed by atoms with Crippen LogP contribution >= 0.6 is 11.3 Å². The lowest BCUT2D eigenvalue weighted by Crippen LogP contribution is -2.51. The molecule has 0 aliphatic carbocycles. The lowest BCUT2D eigenvalue weighted by Gasteiger charge is -2.41. The number of thiazole rings is 1. The minimum absolute atomic E-state index is 0.0239. The van der Waals surface area contributed by atoms with Gasteiger partial charge in [-0.25, -0.2) is 4.98 Å². The fourth-order valence-electron chi connectivity index (χ4n) is 3.41. The van der Waals surface area contributed by atoms with E-state index in [4.69, 9.17) is 14.2 Å². The van der Waals surface area contributed by atoms with E-state index in [1.165, 1.54) is 11.3 Å². The van der Waals surface area contributed by atoms with Crippen LogP contribution in [-0.4, -0.2) is 35.9 Å². The van der Waals surface area contributed by atoms with Crippen LogP contribution in [-0.2, 0) is 14.2 Å². The van der Waals surface area contributed by atoms with Gasteiger partial charge >= 0.3 is 0 Å². The standard InChI is InChI=1S/C20H24N2O4S/c1-20(2)25-12-14(17(26-20)13-7-4-3-5-8-13)22-18(23)16-11-21-19(27-16)15-9-6-10-24-15/h3-5,7-8,11,14-15,17H,6,9-10,12H2,1-2H3,(H,22,23)/t14-,15?,17-/m1/s1. The molecule has 3 heterocycles. The van der Waals surface area contributed by atoms with E-state index in [0.29, 0.717) is 11.5 Å². The summed E-state index contributed by atoms with van der Waals surface area (Å²) in [6.07, 6.45) is 3.38. The van der Waals surface area contributed by atoms with Crippen molar-refractivity contribution in [3.05, 3.63) is 52.0 Å². The quantitative estimate of drug-likeness (QED) is 0.866. The van der Waals surface area contributed by atoms with E-state index in [-0.39, 0.29) is 24.2 Å². The van der Waals surface area contributed by atoms with Gasteiger partial charge in [-0.05, 0) is 32.3 Å². The molecule has 7 heteroatoms. The zero-order valence-corrected chi connectivity index (χ0v) is 16.3. The first-order valence-electron chi connectivity index (χ1n) is 9.27. The van der Waals surface area contributed by atoms with E-state index in [0.717, 1.165) is 30.0 Å². The first-order chi connectivity index (χ1) is 13.0. The molecule has 0 bridgehead atoms.